The maximum Gasteiger partial charge on any atom is 0.275 e. The lowest BCUT2D eigenvalue weighted by atomic mass is 10.1. The Morgan fingerprint density at radius 2 is 2.00 bits per heavy atom. The minimum atomic E-state index is -0.155. The van der Waals surface area contributed by atoms with Gasteiger partial charge in [0.05, 0.1) is 6.54 Å². The van der Waals surface area contributed by atoms with E-state index in [-0.39, 0.29) is 11.5 Å². The minimum Gasteiger partial charge on any atom is -0.355 e. The number of hydrogen-bond acceptors (Lipinski definition) is 6. The monoisotopic (exact) mass is 357 g/mol. The molecule has 0 aliphatic rings. The van der Waals surface area contributed by atoms with E-state index in [1.807, 2.05) is 31.3 Å². The van der Waals surface area contributed by atoms with Crippen LogP contribution in [-0.2, 0) is 13.1 Å². The zero-order valence-corrected chi connectivity index (χ0v) is 15.1. The van der Waals surface area contributed by atoms with E-state index in [0.29, 0.717) is 29.3 Å². The van der Waals surface area contributed by atoms with Crippen molar-refractivity contribution in [3.63, 3.8) is 0 Å². The van der Waals surface area contributed by atoms with Crippen LogP contribution in [0.5, 0.6) is 0 Å². The molecule has 7 nitrogen and oxygen atoms in total. The summed E-state index contributed by atoms with van der Waals surface area (Å²) in [6, 6.07) is 8.98. The van der Waals surface area contributed by atoms with Crippen molar-refractivity contribution in [1.82, 2.24) is 24.8 Å². The van der Waals surface area contributed by atoms with Crippen LogP contribution >= 0.6 is 11.3 Å². The molecule has 0 spiro atoms. The van der Waals surface area contributed by atoms with Gasteiger partial charge in [-0.15, -0.1) is 0 Å². The lowest BCUT2D eigenvalue weighted by Gasteiger charge is -2.15. The summed E-state index contributed by atoms with van der Waals surface area (Å²) in [5.41, 5.74) is 2.28. The van der Waals surface area contributed by atoms with Gasteiger partial charge in [-0.05, 0) is 31.7 Å². The topological polar surface area (TPSA) is 79.6 Å². The lowest BCUT2D eigenvalue weighted by Crippen LogP contribution is -2.19. The van der Waals surface area contributed by atoms with Crippen LogP contribution in [0.3, 0.4) is 0 Å². The van der Waals surface area contributed by atoms with E-state index in [2.05, 4.69) is 20.3 Å². The van der Waals surface area contributed by atoms with Gasteiger partial charge in [0, 0.05) is 30.9 Å². The molecule has 1 aromatic carbocycles. The van der Waals surface area contributed by atoms with Gasteiger partial charge >= 0.3 is 0 Å². The van der Waals surface area contributed by atoms with E-state index < -0.39 is 0 Å². The molecule has 1 amide bonds. The van der Waals surface area contributed by atoms with E-state index in [9.17, 15) is 9.59 Å². The number of nitrogens with one attached hydrogen (secondary N) is 1. The van der Waals surface area contributed by atoms with Gasteiger partial charge in [-0.3, -0.25) is 14.5 Å². The molecular weight excluding hydrogens is 338 g/mol. The Hall–Kier alpha value is -2.58. The SMILES string of the molecule is CNC(=O)c1ccc(CN(C)Cc2nn3c(=O)cc(C)nc3s2)cc1. The van der Waals surface area contributed by atoms with Gasteiger partial charge in [-0.25, -0.2) is 4.98 Å². The highest BCUT2D eigenvalue weighted by Gasteiger charge is 2.10. The van der Waals surface area contributed by atoms with Crippen molar-refractivity contribution >= 4 is 22.2 Å². The average Bonchev–Trinajstić information content (AvgIpc) is 2.97. The normalized spacial score (nSPS) is 11.2. The van der Waals surface area contributed by atoms with Gasteiger partial charge < -0.3 is 5.32 Å². The molecule has 2 heterocycles. The molecule has 0 unspecified atom stereocenters. The summed E-state index contributed by atoms with van der Waals surface area (Å²) in [5.74, 6) is -0.0948. The van der Waals surface area contributed by atoms with Gasteiger partial charge in [-0.2, -0.15) is 9.61 Å². The summed E-state index contributed by atoms with van der Waals surface area (Å²) in [4.78, 5) is 30.5. The van der Waals surface area contributed by atoms with Crippen LogP contribution in [0.15, 0.2) is 35.1 Å². The highest BCUT2D eigenvalue weighted by molar-refractivity contribution is 7.16. The fraction of sp³-hybridized carbons (Fsp3) is 0.294. The molecule has 0 saturated carbocycles. The Bertz CT molecular complexity index is 961. The van der Waals surface area contributed by atoms with E-state index >= 15 is 0 Å². The third-order valence-corrected chi connectivity index (χ3v) is 4.61. The van der Waals surface area contributed by atoms with Gasteiger partial charge in [-0.1, -0.05) is 23.5 Å². The average molecular weight is 357 g/mol. The molecule has 0 aliphatic heterocycles. The third kappa shape index (κ3) is 3.92. The first-order chi connectivity index (χ1) is 12.0. The molecule has 130 valence electrons. The van der Waals surface area contributed by atoms with Gasteiger partial charge in [0.25, 0.3) is 11.5 Å². The van der Waals surface area contributed by atoms with E-state index in [1.54, 1.807) is 14.0 Å². The number of aryl methyl sites for hydroxylation is 1. The molecule has 3 rings (SSSR count). The summed E-state index contributed by atoms with van der Waals surface area (Å²) < 4.78 is 1.35. The van der Waals surface area contributed by atoms with Gasteiger partial charge in [0.2, 0.25) is 4.96 Å². The van der Waals surface area contributed by atoms with Crippen LogP contribution in [-0.4, -0.2) is 39.5 Å². The number of hydrogen-bond donors (Lipinski definition) is 1. The second kappa shape index (κ2) is 7.12. The fourth-order valence-electron chi connectivity index (χ4n) is 2.53. The largest absolute Gasteiger partial charge is 0.355 e. The number of rotatable bonds is 5. The predicted molar refractivity (Wildman–Crippen MR) is 96.9 cm³/mol. The number of carbonyl (C=O) groups excluding carboxylic acids is 1. The Morgan fingerprint density at radius 3 is 2.68 bits per heavy atom. The van der Waals surface area contributed by atoms with Crippen molar-refractivity contribution in [2.45, 2.75) is 20.0 Å². The van der Waals surface area contributed by atoms with E-state index in [1.165, 1.54) is 21.9 Å². The summed E-state index contributed by atoms with van der Waals surface area (Å²) in [5, 5.41) is 7.79. The van der Waals surface area contributed by atoms with Crippen LogP contribution in [0.25, 0.3) is 4.96 Å². The molecule has 25 heavy (non-hydrogen) atoms. The number of carbonyl (C=O) groups is 1. The molecule has 3 aromatic rings. The second-order valence-electron chi connectivity index (χ2n) is 5.87. The molecule has 0 fully saturated rings. The molecule has 1 N–H and O–H groups in total. The second-order valence-corrected chi connectivity index (χ2v) is 6.91. The zero-order valence-electron chi connectivity index (χ0n) is 14.3. The van der Waals surface area contributed by atoms with Crippen molar-refractivity contribution in [3.05, 3.63) is 62.5 Å². The van der Waals surface area contributed by atoms with Crippen LogP contribution in [0.2, 0.25) is 0 Å². The number of benzene rings is 1. The Morgan fingerprint density at radius 1 is 1.28 bits per heavy atom. The van der Waals surface area contributed by atoms with Crippen molar-refractivity contribution in [2.75, 3.05) is 14.1 Å². The maximum absolute atomic E-state index is 11.9. The summed E-state index contributed by atoms with van der Waals surface area (Å²) in [6.07, 6.45) is 0. The summed E-state index contributed by atoms with van der Waals surface area (Å²) >= 11 is 1.42. The highest BCUT2D eigenvalue weighted by Crippen LogP contribution is 2.15. The molecule has 0 bridgehead atoms. The van der Waals surface area contributed by atoms with E-state index in [4.69, 9.17) is 0 Å². The lowest BCUT2D eigenvalue weighted by molar-refractivity contribution is 0.0963. The Balaban J connectivity index is 1.70. The zero-order chi connectivity index (χ0) is 18.0. The molecule has 0 saturated heterocycles. The molecule has 0 atom stereocenters. The molecule has 2 aromatic heterocycles. The van der Waals surface area contributed by atoms with Crippen LogP contribution < -0.4 is 10.9 Å². The Labute approximate surface area is 148 Å². The molecule has 0 aliphatic carbocycles. The number of nitrogens with zero attached hydrogens (tertiary/aromatic N) is 4. The first-order valence-electron chi connectivity index (χ1n) is 7.82. The maximum atomic E-state index is 11.9. The van der Waals surface area contributed by atoms with Crippen molar-refractivity contribution in [3.8, 4) is 0 Å². The highest BCUT2D eigenvalue weighted by atomic mass is 32.1. The number of aromatic nitrogens is 3. The number of amides is 1. The summed E-state index contributed by atoms with van der Waals surface area (Å²) in [7, 11) is 3.60. The van der Waals surface area contributed by atoms with Crippen LogP contribution in [0, 0.1) is 6.92 Å². The smallest absolute Gasteiger partial charge is 0.275 e. The fourth-order valence-corrected chi connectivity index (χ4v) is 3.55. The molecule has 0 radical (unpaired) electrons. The third-order valence-electron chi connectivity index (χ3n) is 3.72. The minimum absolute atomic E-state index is 0.0948. The summed E-state index contributed by atoms with van der Waals surface area (Å²) in [6.45, 7) is 3.13. The first kappa shape index (κ1) is 17.2. The molecular formula is C17H19N5O2S. The quantitative estimate of drug-likeness (QED) is 0.748. The number of fused-ring (bicyclic) bond motifs is 1. The molecule has 8 heteroatoms. The van der Waals surface area contributed by atoms with Gasteiger partial charge in [0.1, 0.15) is 5.01 Å². The van der Waals surface area contributed by atoms with Crippen molar-refractivity contribution < 1.29 is 4.79 Å². The van der Waals surface area contributed by atoms with Gasteiger partial charge in [0.15, 0.2) is 0 Å². The van der Waals surface area contributed by atoms with E-state index in [0.717, 1.165) is 10.6 Å². The van der Waals surface area contributed by atoms with Crippen molar-refractivity contribution in [2.24, 2.45) is 0 Å². The van der Waals surface area contributed by atoms with Crippen LogP contribution in [0.1, 0.15) is 26.6 Å². The van der Waals surface area contributed by atoms with Crippen LogP contribution in [0.4, 0.5) is 0 Å². The standard InChI is InChI=1S/C17H19N5O2S/c1-11-8-15(23)22-17(19-11)25-14(20-22)10-21(3)9-12-4-6-13(7-5-12)16(24)18-2/h4-8H,9-10H2,1-3H3,(H,18,24). The first-order valence-corrected chi connectivity index (χ1v) is 8.64. The Kier molecular flexibility index (Phi) is 4.91. The van der Waals surface area contributed by atoms with Crippen molar-refractivity contribution in [1.29, 1.82) is 0 Å². The predicted octanol–water partition coefficient (Wildman–Crippen LogP) is 1.45.